The molecule has 116 valence electrons. The highest BCUT2D eigenvalue weighted by atomic mass is 19.1. The molecule has 0 aromatic heterocycles. The maximum atomic E-state index is 13.8. The minimum absolute atomic E-state index is 0.0504. The van der Waals surface area contributed by atoms with E-state index in [1.54, 1.807) is 6.92 Å². The molecule has 2 atom stereocenters. The number of benzene rings is 1. The highest BCUT2D eigenvalue weighted by Crippen LogP contribution is 2.32. The second-order valence-electron chi connectivity index (χ2n) is 5.82. The molecule has 2 N–H and O–H groups in total. The Bertz CT molecular complexity index is 513. The van der Waals surface area contributed by atoms with Gasteiger partial charge in [0, 0.05) is 18.2 Å². The van der Waals surface area contributed by atoms with Crippen LogP contribution in [0.2, 0.25) is 0 Å². The molecule has 0 radical (unpaired) electrons. The second-order valence-corrected chi connectivity index (χ2v) is 5.82. The lowest BCUT2D eigenvalue weighted by Gasteiger charge is -2.28. The van der Waals surface area contributed by atoms with Crippen LogP contribution in [0.5, 0.6) is 0 Å². The summed E-state index contributed by atoms with van der Waals surface area (Å²) in [7, 11) is 0. The number of hydrogen-bond acceptors (Lipinski definition) is 2. The topological polar surface area (TPSA) is 41.1 Å². The van der Waals surface area contributed by atoms with Crippen LogP contribution in [0, 0.1) is 17.0 Å². The fourth-order valence-electron chi connectivity index (χ4n) is 3.02. The SMILES string of the molecule is CCCC1(C(=O)NC(C)c2ccc(F)cc2F)CCNC1. The van der Waals surface area contributed by atoms with Gasteiger partial charge in [0.25, 0.3) is 0 Å². The standard InChI is InChI=1S/C16H22F2N2O/c1-3-6-16(7-8-19-10-16)15(21)20-11(2)13-5-4-12(17)9-14(13)18/h4-5,9,11,19H,3,6-8,10H2,1-2H3,(H,20,21). The molecule has 5 heteroatoms. The molecular formula is C16H22F2N2O. The Kier molecular flexibility index (Phi) is 4.93. The van der Waals surface area contributed by atoms with E-state index in [1.165, 1.54) is 12.1 Å². The molecule has 0 saturated carbocycles. The smallest absolute Gasteiger partial charge is 0.228 e. The number of carbonyl (C=O) groups excluding carboxylic acids is 1. The van der Waals surface area contributed by atoms with Gasteiger partial charge in [-0.25, -0.2) is 8.78 Å². The molecule has 1 amide bonds. The van der Waals surface area contributed by atoms with Crippen molar-refractivity contribution in [1.82, 2.24) is 10.6 Å². The quantitative estimate of drug-likeness (QED) is 0.877. The van der Waals surface area contributed by atoms with Crippen LogP contribution >= 0.6 is 0 Å². The third-order valence-electron chi connectivity index (χ3n) is 4.23. The Morgan fingerprint density at radius 1 is 1.48 bits per heavy atom. The Morgan fingerprint density at radius 2 is 2.24 bits per heavy atom. The number of nitrogens with one attached hydrogen (secondary N) is 2. The number of halogens is 2. The second kappa shape index (κ2) is 6.52. The molecule has 2 rings (SSSR count). The Balaban J connectivity index is 2.10. The molecule has 21 heavy (non-hydrogen) atoms. The summed E-state index contributed by atoms with van der Waals surface area (Å²) in [5.74, 6) is -1.29. The molecule has 1 aromatic carbocycles. The van der Waals surface area contributed by atoms with Crippen LogP contribution in [0.4, 0.5) is 8.78 Å². The van der Waals surface area contributed by atoms with Crippen molar-refractivity contribution in [3.8, 4) is 0 Å². The molecule has 3 nitrogen and oxygen atoms in total. The van der Waals surface area contributed by atoms with Gasteiger partial charge in [-0.3, -0.25) is 4.79 Å². The van der Waals surface area contributed by atoms with Crippen molar-refractivity contribution in [2.45, 2.75) is 39.2 Å². The molecule has 0 spiro atoms. The summed E-state index contributed by atoms with van der Waals surface area (Å²) >= 11 is 0. The maximum Gasteiger partial charge on any atom is 0.228 e. The third kappa shape index (κ3) is 3.40. The van der Waals surface area contributed by atoms with Gasteiger partial charge in [0.1, 0.15) is 11.6 Å². The lowest BCUT2D eigenvalue weighted by Crippen LogP contribution is -2.43. The van der Waals surface area contributed by atoms with Gasteiger partial charge in [0.15, 0.2) is 0 Å². The molecule has 1 aliphatic heterocycles. The predicted octanol–water partition coefficient (Wildman–Crippen LogP) is 2.92. The van der Waals surface area contributed by atoms with Crippen LogP contribution in [-0.4, -0.2) is 19.0 Å². The molecular weight excluding hydrogens is 274 g/mol. The Morgan fingerprint density at radius 3 is 2.81 bits per heavy atom. The highest BCUT2D eigenvalue weighted by molar-refractivity contribution is 5.83. The van der Waals surface area contributed by atoms with Crippen LogP contribution in [0.15, 0.2) is 18.2 Å². The van der Waals surface area contributed by atoms with Crippen molar-refractivity contribution >= 4 is 5.91 Å². The average molecular weight is 296 g/mol. The number of amides is 1. The summed E-state index contributed by atoms with van der Waals surface area (Å²) in [5.41, 5.74) is -0.0955. The molecule has 1 aromatic rings. The zero-order valence-electron chi connectivity index (χ0n) is 12.5. The van der Waals surface area contributed by atoms with Gasteiger partial charge in [-0.2, -0.15) is 0 Å². The molecule has 1 heterocycles. The lowest BCUT2D eigenvalue weighted by molar-refractivity contribution is -0.131. The predicted molar refractivity (Wildman–Crippen MR) is 77.7 cm³/mol. The van der Waals surface area contributed by atoms with E-state index in [0.29, 0.717) is 12.1 Å². The van der Waals surface area contributed by atoms with E-state index in [0.717, 1.165) is 31.9 Å². The summed E-state index contributed by atoms with van der Waals surface area (Å²) in [6, 6.07) is 2.96. The van der Waals surface area contributed by atoms with Crippen LogP contribution < -0.4 is 10.6 Å². The molecule has 2 unspecified atom stereocenters. The maximum absolute atomic E-state index is 13.8. The first kappa shape index (κ1) is 15.9. The summed E-state index contributed by atoms with van der Waals surface area (Å²) in [6.45, 7) is 5.25. The van der Waals surface area contributed by atoms with Crippen molar-refractivity contribution in [1.29, 1.82) is 0 Å². The highest BCUT2D eigenvalue weighted by Gasteiger charge is 2.40. The fourth-order valence-corrected chi connectivity index (χ4v) is 3.02. The van der Waals surface area contributed by atoms with Crippen molar-refractivity contribution in [2.24, 2.45) is 5.41 Å². The Labute approximate surface area is 124 Å². The van der Waals surface area contributed by atoms with Gasteiger partial charge in [0.05, 0.1) is 11.5 Å². The van der Waals surface area contributed by atoms with E-state index in [9.17, 15) is 13.6 Å². The molecule has 1 saturated heterocycles. The Hall–Kier alpha value is -1.49. The third-order valence-corrected chi connectivity index (χ3v) is 4.23. The summed E-state index contributed by atoms with van der Waals surface area (Å²) in [5, 5.41) is 6.11. The van der Waals surface area contributed by atoms with Crippen LogP contribution in [-0.2, 0) is 4.79 Å². The van der Waals surface area contributed by atoms with Gasteiger partial charge in [-0.1, -0.05) is 19.4 Å². The lowest BCUT2D eigenvalue weighted by atomic mass is 9.81. The van der Waals surface area contributed by atoms with E-state index < -0.39 is 23.1 Å². The normalized spacial score (nSPS) is 23.0. The zero-order valence-corrected chi connectivity index (χ0v) is 12.5. The largest absolute Gasteiger partial charge is 0.349 e. The van der Waals surface area contributed by atoms with E-state index in [2.05, 4.69) is 17.6 Å². The van der Waals surface area contributed by atoms with Gasteiger partial charge in [0.2, 0.25) is 5.91 Å². The van der Waals surface area contributed by atoms with Crippen LogP contribution in [0.3, 0.4) is 0 Å². The number of carbonyl (C=O) groups is 1. The van der Waals surface area contributed by atoms with Gasteiger partial charge in [-0.05, 0) is 32.4 Å². The van der Waals surface area contributed by atoms with E-state index in [-0.39, 0.29) is 5.91 Å². The zero-order chi connectivity index (χ0) is 15.5. The van der Waals surface area contributed by atoms with Crippen molar-refractivity contribution < 1.29 is 13.6 Å². The van der Waals surface area contributed by atoms with E-state index in [1.807, 2.05) is 0 Å². The minimum atomic E-state index is -0.628. The first-order valence-corrected chi connectivity index (χ1v) is 7.45. The summed E-state index contributed by atoms with van der Waals surface area (Å²) in [4.78, 5) is 12.6. The van der Waals surface area contributed by atoms with Crippen molar-refractivity contribution in [3.05, 3.63) is 35.4 Å². The van der Waals surface area contributed by atoms with Gasteiger partial charge >= 0.3 is 0 Å². The van der Waals surface area contributed by atoms with Gasteiger partial charge in [-0.15, -0.1) is 0 Å². The van der Waals surface area contributed by atoms with Gasteiger partial charge < -0.3 is 10.6 Å². The first-order valence-electron chi connectivity index (χ1n) is 7.45. The van der Waals surface area contributed by atoms with Crippen molar-refractivity contribution in [3.63, 3.8) is 0 Å². The number of hydrogen-bond donors (Lipinski definition) is 2. The molecule has 1 aliphatic rings. The molecule has 0 aliphatic carbocycles. The van der Waals surface area contributed by atoms with E-state index in [4.69, 9.17) is 0 Å². The first-order chi connectivity index (χ1) is 9.98. The van der Waals surface area contributed by atoms with Crippen molar-refractivity contribution in [2.75, 3.05) is 13.1 Å². The molecule has 1 fully saturated rings. The average Bonchev–Trinajstić information content (AvgIpc) is 2.88. The number of rotatable bonds is 5. The fraction of sp³-hybridized carbons (Fsp3) is 0.562. The van der Waals surface area contributed by atoms with Crippen LogP contribution in [0.25, 0.3) is 0 Å². The summed E-state index contributed by atoms with van der Waals surface area (Å²) in [6.07, 6.45) is 2.53. The molecule has 0 bridgehead atoms. The van der Waals surface area contributed by atoms with Crippen LogP contribution in [0.1, 0.15) is 44.7 Å². The van der Waals surface area contributed by atoms with E-state index >= 15 is 0 Å². The monoisotopic (exact) mass is 296 g/mol. The minimum Gasteiger partial charge on any atom is -0.349 e. The summed E-state index contributed by atoms with van der Waals surface area (Å²) < 4.78 is 26.7.